The van der Waals surface area contributed by atoms with E-state index in [1.165, 1.54) is 19.3 Å². The van der Waals surface area contributed by atoms with Gasteiger partial charge in [0.1, 0.15) is 0 Å². The largest absolute Gasteiger partial charge is 0.500 e. The van der Waals surface area contributed by atoms with Gasteiger partial charge in [0, 0.05) is 39.5 Å². The third kappa shape index (κ3) is 10.3. The highest BCUT2D eigenvalue weighted by molar-refractivity contribution is 8.15. The van der Waals surface area contributed by atoms with Crippen LogP contribution in [0.4, 0.5) is 0 Å². The zero-order valence-corrected chi connectivity index (χ0v) is 16.8. The summed E-state index contributed by atoms with van der Waals surface area (Å²) in [6.45, 7) is 2.18. The Balaban J connectivity index is 3.78. The molecule has 0 unspecified atom stereocenters. The molecule has 0 spiro atoms. The second-order valence-corrected chi connectivity index (χ2v) is 9.63. The number of hydrogen-bond acceptors (Lipinski definition) is 6. The Labute approximate surface area is 146 Å². The predicted octanol–water partition coefficient (Wildman–Crippen LogP) is 3.83. The number of ketones is 1. The van der Waals surface area contributed by atoms with Gasteiger partial charge in [-0.3, -0.25) is 9.59 Å². The van der Waals surface area contributed by atoms with Crippen LogP contribution in [-0.2, 0) is 22.9 Å². The standard InChI is InChI=1S/C16H32O5SSi/c1-5-6-7-8-9-10-12-15(17)16(18)22-13-11-14-23(19-2,20-3)21-4/h5-14H2,1-4H3. The first-order chi connectivity index (χ1) is 11.0. The molecular formula is C16H32O5SSi. The third-order valence-corrected chi connectivity index (χ3v) is 7.59. The van der Waals surface area contributed by atoms with E-state index in [0.717, 1.165) is 37.4 Å². The number of Topliss-reactive ketones (excluding diaryl/α,β-unsaturated/α-hetero) is 1. The number of carbonyl (C=O) groups is 2. The Hall–Kier alpha value is -0.213. The van der Waals surface area contributed by atoms with Gasteiger partial charge in [-0.1, -0.05) is 50.8 Å². The van der Waals surface area contributed by atoms with Crippen LogP contribution < -0.4 is 0 Å². The van der Waals surface area contributed by atoms with Crippen molar-refractivity contribution in [2.75, 3.05) is 27.1 Å². The number of rotatable bonds is 15. The zero-order valence-electron chi connectivity index (χ0n) is 15.0. The van der Waals surface area contributed by atoms with Gasteiger partial charge in [0.2, 0.25) is 5.78 Å². The maximum Gasteiger partial charge on any atom is 0.500 e. The molecule has 0 amide bonds. The van der Waals surface area contributed by atoms with E-state index >= 15 is 0 Å². The lowest BCUT2D eigenvalue weighted by molar-refractivity contribution is -0.131. The molecule has 0 aliphatic heterocycles. The van der Waals surface area contributed by atoms with Crippen molar-refractivity contribution in [3.63, 3.8) is 0 Å². The van der Waals surface area contributed by atoms with E-state index in [9.17, 15) is 9.59 Å². The monoisotopic (exact) mass is 364 g/mol. The highest BCUT2D eigenvalue weighted by Crippen LogP contribution is 2.18. The van der Waals surface area contributed by atoms with Gasteiger partial charge in [-0.2, -0.15) is 0 Å². The molecule has 0 rings (SSSR count). The van der Waals surface area contributed by atoms with Crippen molar-refractivity contribution in [2.45, 2.75) is 64.3 Å². The first-order valence-electron chi connectivity index (χ1n) is 8.40. The van der Waals surface area contributed by atoms with Gasteiger partial charge in [0.15, 0.2) is 0 Å². The number of unbranched alkanes of at least 4 members (excludes halogenated alkanes) is 5. The second-order valence-electron chi connectivity index (χ2n) is 5.48. The first kappa shape index (κ1) is 22.8. The minimum atomic E-state index is -2.56. The molecule has 23 heavy (non-hydrogen) atoms. The Morgan fingerprint density at radius 2 is 1.43 bits per heavy atom. The van der Waals surface area contributed by atoms with Crippen LogP contribution in [-0.4, -0.2) is 46.8 Å². The first-order valence-corrected chi connectivity index (χ1v) is 11.3. The molecule has 0 bridgehead atoms. The summed E-state index contributed by atoms with van der Waals surface area (Å²) >= 11 is 1.10. The topological polar surface area (TPSA) is 61.8 Å². The van der Waals surface area contributed by atoms with Gasteiger partial charge in [0.25, 0.3) is 5.12 Å². The Kier molecular flexibility index (Phi) is 14.0. The summed E-state index contributed by atoms with van der Waals surface area (Å²) < 4.78 is 16.0. The fourth-order valence-corrected chi connectivity index (χ4v) is 4.97. The van der Waals surface area contributed by atoms with Crippen LogP contribution in [0.5, 0.6) is 0 Å². The fourth-order valence-electron chi connectivity index (χ4n) is 2.26. The predicted molar refractivity (Wildman–Crippen MR) is 96.7 cm³/mol. The molecule has 0 N–H and O–H groups in total. The lowest BCUT2D eigenvalue weighted by atomic mass is 10.1. The summed E-state index contributed by atoms with van der Waals surface area (Å²) in [5, 5.41) is -0.321. The SMILES string of the molecule is CCCCCCCCC(=O)C(=O)SCCC[Si](OC)(OC)OC. The molecule has 0 aliphatic carbocycles. The molecule has 0 aromatic carbocycles. The molecule has 0 aromatic rings. The summed E-state index contributed by atoms with van der Waals surface area (Å²) in [4.78, 5) is 23.5. The van der Waals surface area contributed by atoms with Gasteiger partial charge >= 0.3 is 8.80 Å². The smallest absolute Gasteiger partial charge is 0.377 e. The van der Waals surface area contributed by atoms with Crippen molar-refractivity contribution in [1.29, 1.82) is 0 Å². The molecule has 0 saturated heterocycles. The average molecular weight is 365 g/mol. The lowest BCUT2D eigenvalue weighted by Crippen LogP contribution is -2.42. The second kappa shape index (κ2) is 14.2. The van der Waals surface area contributed by atoms with Crippen molar-refractivity contribution >= 4 is 31.5 Å². The van der Waals surface area contributed by atoms with E-state index in [-0.39, 0.29) is 10.9 Å². The molecule has 0 atom stereocenters. The van der Waals surface area contributed by atoms with E-state index in [0.29, 0.717) is 18.2 Å². The van der Waals surface area contributed by atoms with Crippen molar-refractivity contribution in [1.82, 2.24) is 0 Å². The number of carbonyl (C=O) groups excluding carboxylic acids is 2. The highest BCUT2D eigenvalue weighted by Gasteiger charge is 2.36. The van der Waals surface area contributed by atoms with Gasteiger partial charge in [-0.25, -0.2) is 0 Å². The lowest BCUT2D eigenvalue weighted by Gasteiger charge is -2.23. The van der Waals surface area contributed by atoms with Crippen LogP contribution in [0.15, 0.2) is 0 Å². The summed E-state index contributed by atoms with van der Waals surface area (Å²) in [6, 6.07) is 0.641. The van der Waals surface area contributed by atoms with E-state index in [1.54, 1.807) is 21.3 Å². The van der Waals surface area contributed by atoms with Gasteiger partial charge < -0.3 is 13.3 Å². The average Bonchev–Trinajstić information content (AvgIpc) is 2.58. The molecule has 0 saturated carbocycles. The van der Waals surface area contributed by atoms with Crippen LogP contribution in [0.2, 0.25) is 6.04 Å². The quantitative estimate of drug-likeness (QED) is 0.250. The van der Waals surface area contributed by atoms with Crippen LogP contribution in [0.25, 0.3) is 0 Å². The Morgan fingerprint density at radius 3 is 2.00 bits per heavy atom. The van der Waals surface area contributed by atoms with Crippen LogP contribution in [0, 0.1) is 0 Å². The maximum atomic E-state index is 11.8. The van der Waals surface area contributed by atoms with Gasteiger partial charge in [0.05, 0.1) is 0 Å². The van der Waals surface area contributed by atoms with Gasteiger partial charge in [-0.15, -0.1) is 0 Å². The molecule has 5 nitrogen and oxygen atoms in total. The molecule has 0 aromatic heterocycles. The van der Waals surface area contributed by atoms with E-state index in [4.69, 9.17) is 13.3 Å². The molecule has 136 valence electrons. The Morgan fingerprint density at radius 1 is 0.870 bits per heavy atom. The van der Waals surface area contributed by atoms with Crippen molar-refractivity contribution in [3.8, 4) is 0 Å². The summed E-state index contributed by atoms with van der Waals surface area (Å²) in [6.07, 6.45) is 7.80. The zero-order chi connectivity index (χ0) is 17.6. The summed E-state index contributed by atoms with van der Waals surface area (Å²) in [5.74, 6) is 0.338. The molecule has 0 aliphatic rings. The molecule has 0 radical (unpaired) electrons. The van der Waals surface area contributed by atoms with Crippen molar-refractivity contribution < 1.29 is 22.9 Å². The van der Waals surface area contributed by atoms with Crippen LogP contribution in [0.1, 0.15) is 58.3 Å². The third-order valence-electron chi connectivity index (χ3n) is 3.78. The Bertz CT molecular complexity index is 326. The summed E-state index contributed by atoms with van der Waals surface area (Å²) in [5.41, 5.74) is 0. The molecule has 0 fully saturated rings. The minimum Gasteiger partial charge on any atom is -0.377 e. The highest BCUT2D eigenvalue weighted by atomic mass is 32.2. The van der Waals surface area contributed by atoms with E-state index in [2.05, 4.69) is 6.92 Å². The van der Waals surface area contributed by atoms with Crippen LogP contribution >= 0.6 is 11.8 Å². The maximum absolute atomic E-state index is 11.8. The van der Waals surface area contributed by atoms with Crippen LogP contribution in [0.3, 0.4) is 0 Å². The minimum absolute atomic E-state index is 0.251. The molecule has 0 heterocycles. The number of hydrogen-bond donors (Lipinski definition) is 0. The molecular weight excluding hydrogens is 332 g/mol. The van der Waals surface area contributed by atoms with E-state index < -0.39 is 8.80 Å². The normalized spacial score (nSPS) is 11.7. The van der Waals surface area contributed by atoms with Crippen molar-refractivity contribution in [3.05, 3.63) is 0 Å². The van der Waals surface area contributed by atoms with Crippen molar-refractivity contribution in [2.24, 2.45) is 0 Å². The fraction of sp³-hybridized carbons (Fsp3) is 0.875. The summed E-state index contributed by atoms with van der Waals surface area (Å²) in [7, 11) is 2.15. The number of thioether (sulfide) groups is 1. The molecule has 7 heteroatoms. The van der Waals surface area contributed by atoms with E-state index in [1.807, 2.05) is 0 Å². The van der Waals surface area contributed by atoms with Gasteiger partial charge in [-0.05, 0) is 12.8 Å².